The molecule has 138 valence electrons. The number of unbranched alkanes of at least 4 members (excludes halogenated alkanes) is 1. The van der Waals surface area contributed by atoms with Crippen molar-refractivity contribution in [2.24, 2.45) is 0 Å². The lowest BCUT2D eigenvalue weighted by Crippen LogP contribution is -2.32. The first kappa shape index (κ1) is 17.5. The molecular formula is C23H25N3O. The van der Waals surface area contributed by atoms with Gasteiger partial charge in [0.25, 0.3) is 5.91 Å². The van der Waals surface area contributed by atoms with Crippen molar-refractivity contribution < 1.29 is 4.79 Å². The summed E-state index contributed by atoms with van der Waals surface area (Å²) in [5.74, 6) is -0.00943. The fourth-order valence-electron chi connectivity index (χ4n) is 3.78. The van der Waals surface area contributed by atoms with Gasteiger partial charge in [-0.05, 0) is 31.0 Å². The molecule has 2 aromatic carbocycles. The van der Waals surface area contributed by atoms with Gasteiger partial charge in [0.1, 0.15) is 0 Å². The lowest BCUT2D eigenvalue weighted by Gasteiger charge is -2.13. The van der Waals surface area contributed by atoms with Gasteiger partial charge in [-0.15, -0.1) is 0 Å². The van der Waals surface area contributed by atoms with Gasteiger partial charge in [-0.25, -0.2) is 0 Å². The van der Waals surface area contributed by atoms with Gasteiger partial charge in [0, 0.05) is 34.7 Å². The fourth-order valence-corrected chi connectivity index (χ4v) is 3.78. The number of benzene rings is 2. The molecule has 0 saturated carbocycles. The Morgan fingerprint density at radius 3 is 2.74 bits per heavy atom. The first-order chi connectivity index (χ1) is 13.2. The molecule has 0 radical (unpaired) electrons. The third kappa shape index (κ3) is 3.39. The number of aromatic nitrogens is 2. The minimum absolute atomic E-state index is 0.00943. The van der Waals surface area contributed by atoms with E-state index in [2.05, 4.69) is 53.6 Å². The van der Waals surface area contributed by atoms with Gasteiger partial charge in [0.2, 0.25) is 0 Å². The number of hydrogen-bond donors (Lipinski definition) is 2. The largest absolute Gasteiger partial charge is 0.350 e. The van der Waals surface area contributed by atoms with Crippen molar-refractivity contribution in [2.75, 3.05) is 0 Å². The number of hydrogen-bond acceptors (Lipinski definition) is 2. The highest BCUT2D eigenvalue weighted by atomic mass is 16.1. The molecule has 4 nitrogen and oxygen atoms in total. The Hall–Kier alpha value is -2.88. The highest BCUT2D eigenvalue weighted by Gasteiger charge is 2.24. The molecule has 1 heterocycles. The van der Waals surface area contributed by atoms with Gasteiger partial charge in [-0.2, -0.15) is 5.10 Å². The lowest BCUT2D eigenvalue weighted by atomic mass is 10.0. The molecule has 0 bridgehead atoms. The first-order valence-electron chi connectivity index (χ1n) is 9.74. The van der Waals surface area contributed by atoms with Crippen LogP contribution in [0.2, 0.25) is 0 Å². The normalized spacial score (nSPS) is 13.1. The summed E-state index contributed by atoms with van der Waals surface area (Å²) >= 11 is 0. The zero-order valence-corrected chi connectivity index (χ0v) is 15.9. The van der Waals surface area contributed by atoms with E-state index in [1.165, 1.54) is 16.7 Å². The number of nitrogens with one attached hydrogen (secondary N) is 2. The number of nitrogens with zero attached hydrogens (tertiary/aromatic N) is 1. The molecule has 1 unspecified atom stereocenters. The van der Waals surface area contributed by atoms with Crippen LogP contribution >= 0.6 is 0 Å². The molecule has 2 N–H and O–H groups in total. The predicted molar refractivity (Wildman–Crippen MR) is 109 cm³/mol. The summed E-state index contributed by atoms with van der Waals surface area (Å²) in [5.41, 5.74) is 7.63. The molecule has 0 fully saturated rings. The van der Waals surface area contributed by atoms with Crippen LogP contribution in [0.5, 0.6) is 0 Å². The average molecular weight is 359 g/mol. The molecule has 0 saturated heterocycles. The number of H-pyrrole nitrogens is 1. The molecular weight excluding hydrogens is 334 g/mol. The number of fused-ring (bicyclic) bond motifs is 3. The van der Waals surface area contributed by atoms with E-state index in [0.717, 1.165) is 42.6 Å². The number of aromatic amines is 1. The van der Waals surface area contributed by atoms with E-state index >= 15 is 0 Å². The summed E-state index contributed by atoms with van der Waals surface area (Å²) in [5, 5.41) is 10.8. The summed E-state index contributed by atoms with van der Waals surface area (Å²) < 4.78 is 0. The SMILES string of the molecule is CCCCC(C)NC(=O)c1ccc(-c2n[nH]c3c2Cc2ccccc2-3)cc1. The second-order valence-corrected chi connectivity index (χ2v) is 7.35. The van der Waals surface area contributed by atoms with Crippen LogP contribution in [0.1, 0.15) is 54.6 Å². The average Bonchev–Trinajstić information content (AvgIpc) is 3.25. The van der Waals surface area contributed by atoms with Crippen LogP contribution in [0.25, 0.3) is 22.5 Å². The third-order valence-corrected chi connectivity index (χ3v) is 5.31. The molecule has 27 heavy (non-hydrogen) atoms. The van der Waals surface area contributed by atoms with Crippen molar-refractivity contribution in [1.82, 2.24) is 15.5 Å². The van der Waals surface area contributed by atoms with E-state index in [1.807, 2.05) is 24.3 Å². The molecule has 0 aliphatic heterocycles. The Balaban J connectivity index is 1.51. The fraction of sp³-hybridized carbons (Fsp3) is 0.304. The third-order valence-electron chi connectivity index (χ3n) is 5.31. The summed E-state index contributed by atoms with van der Waals surface area (Å²) in [7, 11) is 0. The number of amides is 1. The molecule has 1 aromatic heterocycles. The van der Waals surface area contributed by atoms with Crippen LogP contribution < -0.4 is 5.32 Å². The van der Waals surface area contributed by atoms with Crippen molar-refractivity contribution in [3.8, 4) is 22.5 Å². The number of rotatable bonds is 6. The quantitative estimate of drug-likeness (QED) is 0.511. The topological polar surface area (TPSA) is 57.8 Å². The smallest absolute Gasteiger partial charge is 0.251 e. The Labute approximate surface area is 160 Å². The molecule has 4 rings (SSSR count). The van der Waals surface area contributed by atoms with Crippen LogP contribution in [-0.4, -0.2) is 22.1 Å². The second kappa shape index (κ2) is 7.39. The number of carbonyl (C=O) groups is 1. The minimum atomic E-state index is -0.00943. The lowest BCUT2D eigenvalue weighted by molar-refractivity contribution is 0.0938. The van der Waals surface area contributed by atoms with Gasteiger partial charge in [0.15, 0.2) is 0 Å². The number of carbonyl (C=O) groups excluding carboxylic acids is 1. The Morgan fingerprint density at radius 1 is 1.19 bits per heavy atom. The van der Waals surface area contributed by atoms with Crippen molar-refractivity contribution in [1.29, 1.82) is 0 Å². The van der Waals surface area contributed by atoms with Crippen LogP contribution in [0.3, 0.4) is 0 Å². The van der Waals surface area contributed by atoms with E-state index < -0.39 is 0 Å². The van der Waals surface area contributed by atoms with E-state index in [4.69, 9.17) is 0 Å². The minimum Gasteiger partial charge on any atom is -0.350 e. The van der Waals surface area contributed by atoms with Crippen LogP contribution in [0.15, 0.2) is 48.5 Å². The van der Waals surface area contributed by atoms with E-state index in [9.17, 15) is 4.79 Å². The standard InChI is InChI=1S/C23H25N3O/c1-3-4-7-15(2)24-23(27)17-12-10-16(11-13-17)21-20-14-18-8-5-6-9-19(18)22(20)26-25-21/h5-6,8-13,15H,3-4,7,14H2,1-2H3,(H,24,27)(H,25,26). The Morgan fingerprint density at radius 2 is 1.96 bits per heavy atom. The van der Waals surface area contributed by atoms with Crippen LogP contribution in [0, 0.1) is 0 Å². The molecule has 3 aromatic rings. The van der Waals surface area contributed by atoms with Gasteiger partial charge < -0.3 is 5.32 Å². The van der Waals surface area contributed by atoms with E-state index in [0.29, 0.717) is 5.56 Å². The van der Waals surface area contributed by atoms with Gasteiger partial charge in [-0.1, -0.05) is 56.2 Å². The maximum absolute atomic E-state index is 12.4. The monoisotopic (exact) mass is 359 g/mol. The molecule has 0 spiro atoms. The predicted octanol–water partition coefficient (Wildman–Crippen LogP) is 4.96. The molecule has 1 aliphatic rings. The Kier molecular flexibility index (Phi) is 4.80. The van der Waals surface area contributed by atoms with Crippen LogP contribution in [-0.2, 0) is 6.42 Å². The van der Waals surface area contributed by atoms with Gasteiger partial charge in [-0.3, -0.25) is 9.89 Å². The Bertz CT molecular complexity index is 956. The van der Waals surface area contributed by atoms with Gasteiger partial charge in [0.05, 0.1) is 11.4 Å². The highest BCUT2D eigenvalue weighted by molar-refractivity contribution is 5.95. The molecule has 1 aliphatic carbocycles. The first-order valence-corrected chi connectivity index (χ1v) is 9.74. The summed E-state index contributed by atoms with van der Waals surface area (Å²) in [6, 6.07) is 16.4. The molecule has 1 amide bonds. The maximum Gasteiger partial charge on any atom is 0.251 e. The van der Waals surface area contributed by atoms with Crippen LogP contribution in [0.4, 0.5) is 0 Å². The summed E-state index contributed by atoms with van der Waals surface area (Å²) in [6.45, 7) is 4.23. The zero-order valence-electron chi connectivity index (χ0n) is 15.9. The summed E-state index contributed by atoms with van der Waals surface area (Å²) in [4.78, 5) is 12.4. The van der Waals surface area contributed by atoms with E-state index in [-0.39, 0.29) is 11.9 Å². The summed E-state index contributed by atoms with van der Waals surface area (Å²) in [6.07, 6.45) is 4.19. The van der Waals surface area contributed by atoms with Crippen molar-refractivity contribution in [2.45, 2.75) is 45.6 Å². The highest BCUT2D eigenvalue weighted by Crippen LogP contribution is 2.39. The van der Waals surface area contributed by atoms with Crippen molar-refractivity contribution in [3.63, 3.8) is 0 Å². The van der Waals surface area contributed by atoms with Gasteiger partial charge >= 0.3 is 0 Å². The van der Waals surface area contributed by atoms with Crippen molar-refractivity contribution >= 4 is 5.91 Å². The van der Waals surface area contributed by atoms with Crippen molar-refractivity contribution in [3.05, 3.63) is 65.2 Å². The van der Waals surface area contributed by atoms with E-state index in [1.54, 1.807) is 0 Å². The second-order valence-electron chi connectivity index (χ2n) is 7.35. The molecule has 4 heteroatoms. The molecule has 1 atom stereocenters. The zero-order chi connectivity index (χ0) is 18.8. The maximum atomic E-state index is 12.4.